The molecule has 0 spiro atoms. The normalized spacial score (nSPS) is 15.0. The van der Waals surface area contributed by atoms with Crippen LogP contribution in [0.1, 0.15) is 31.4 Å². The second-order valence-corrected chi connectivity index (χ2v) is 5.59. The van der Waals surface area contributed by atoms with Crippen LogP contribution in [0.4, 0.5) is 0 Å². The van der Waals surface area contributed by atoms with E-state index in [-0.39, 0.29) is 0 Å². The molecule has 1 nitrogen and oxygen atoms in total. The molecule has 0 unspecified atom stereocenters. The van der Waals surface area contributed by atoms with E-state index in [9.17, 15) is 5.11 Å². The number of rotatable bonds is 2. The summed E-state index contributed by atoms with van der Waals surface area (Å²) >= 11 is 0. The molecular weight excluding hydrogens is 232 g/mol. The van der Waals surface area contributed by atoms with Crippen molar-refractivity contribution in [2.24, 2.45) is 0 Å². The monoisotopic (exact) mass is 250 g/mol. The average molecular weight is 250 g/mol. The lowest BCUT2D eigenvalue weighted by molar-refractivity contribution is 0.0799. The molecule has 1 heteroatoms. The van der Waals surface area contributed by atoms with E-state index in [1.807, 2.05) is 26.0 Å². The second kappa shape index (κ2) is 4.36. The van der Waals surface area contributed by atoms with Crippen molar-refractivity contribution in [2.45, 2.75) is 25.9 Å². The summed E-state index contributed by atoms with van der Waals surface area (Å²) in [6.45, 7) is 3.72. The summed E-state index contributed by atoms with van der Waals surface area (Å²) in [6.07, 6.45) is 7.32. The van der Waals surface area contributed by atoms with E-state index >= 15 is 0 Å². The van der Waals surface area contributed by atoms with Crippen LogP contribution in [-0.2, 0) is 5.60 Å². The summed E-state index contributed by atoms with van der Waals surface area (Å²) in [7, 11) is 0. The first-order valence-electron chi connectivity index (χ1n) is 6.68. The molecule has 0 saturated heterocycles. The van der Waals surface area contributed by atoms with Crippen LogP contribution < -0.4 is 0 Å². The summed E-state index contributed by atoms with van der Waals surface area (Å²) in [4.78, 5) is 0. The summed E-state index contributed by atoms with van der Waals surface area (Å²) in [6, 6.07) is 12.5. The van der Waals surface area contributed by atoms with Crippen LogP contribution in [0, 0.1) is 0 Å². The van der Waals surface area contributed by atoms with E-state index in [0.29, 0.717) is 0 Å². The number of aliphatic hydroxyl groups is 1. The molecule has 0 atom stereocenters. The molecule has 19 heavy (non-hydrogen) atoms. The lowest BCUT2D eigenvalue weighted by Gasteiger charge is -2.24. The van der Waals surface area contributed by atoms with Gasteiger partial charge in [-0.1, -0.05) is 54.6 Å². The van der Waals surface area contributed by atoms with Crippen LogP contribution in [0.15, 0.2) is 54.6 Å². The summed E-state index contributed by atoms with van der Waals surface area (Å²) in [5.74, 6) is 0. The Bertz CT molecular complexity index is 684. The van der Waals surface area contributed by atoms with Crippen molar-refractivity contribution < 1.29 is 5.11 Å². The van der Waals surface area contributed by atoms with Gasteiger partial charge >= 0.3 is 0 Å². The molecule has 2 aromatic carbocycles. The molecule has 0 aliphatic heterocycles. The molecule has 0 aromatic heterocycles. The van der Waals surface area contributed by atoms with Crippen LogP contribution in [0.3, 0.4) is 0 Å². The van der Waals surface area contributed by atoms with E-state index < -0.39 is 5.60 Å². The van der Waals surface area contributed by atoms with Crippen LogP contribution >= 0.6 is 0 Å². The van der Waals surface area contributed by atoms with Crippen molar-refractivity contribution in [3.63, 3.8) is 0 Å². The van der Waals surface area contributed by atoms with Crippen molar-refractivity contribution in [1.82, 2.24) is 0 Å². The molecule has 3 rings (SSSR count). The van der Waals surface area contributed by atoms with Gasteiger partial charge in [-0.15, -0.1) is 0 Å². The molecule has 0 amide bonds. The van der Waals surface area contributed by atoms with Crippen molar-refractivity contribution in [1.29, 1.82) is 0 Å². The maximum absolute atomic E-state index is 10.6. The van der Waals surface area contributed by atoms with Gasteiger partial charge < -0.3 is 5.11 Å². The smallest absolute Gasteiger partial charge is 0.0852 e. The fraction of sp³-hybridized carbons (Fsp3) is 0.222. The number of hydrogen-bond acceptors (Lipinski definition) is 1. The fourth-order valence-corrected chi connectivity index (χ4v) is 2.85. The highest BCUT2D eigenvalue weighted by Crippen LogP contribution is 2.37. The Kier molecular flexibility index (Phi) is 2.79. The van der Waals surface area contributed by atoms with Gasteiger partial charge in [-0.05, 0) is 47.7 Å². The van der Waals surface area contributed by atoms with Crippen molar-refractivity contribution in [3.05, 3.63) is 65.8 Å². The van der Waals surface area contributed by atoms with E-state index in [4.69, 9.17) is 0 Å². The van der Waals surface area contributed by atoms with Gasteiger partial charge in [0, 0.05) is 0 Å². The third kappa shape index (κ3) is 2.11. The zero-order valence-corrected chi connectivity index (χ0v) is 11.4. The van der Waals surface area contributed by atoms with Crippen molar-refractivity contribution in [3.8, 4) is 0 Å². The minimum absolute atomic E-state index is 0.848. The topological polar surface area (TPSA) is 20.2 Å². The highest BCUT2D eigenvalue weighted by Gasteiger charge is 2.24. The highest BCUT2D eigenvalue weighted by molar-refractivity contribution is 5.92. The van der Waals surface area contributed by atoms with Crippen molar-refractivity contribution in [2.75, 3.05) is 0 Å². The van der Waals surface area contributed by atoms with Crippen LogP contribution in [-0.4, -0.2) is 5.11 Å². The molecule has 96 valence electrons. The Balaban J connectivity index is 2.33. The molecule has 1 aliphatic carbocycles. The standard InChI is InChI=1S/C18H18O/c1-18(2,19)17-15-10-6-5-9-14(15)11-12-16(17)13-7-3-4-8-13/h3-7,9-12,19H,8H2,1-2H3. The van der Waals surface area contributed by atoms with E-state index in [1.165, 1.54) is 11.0 Å². The predicted octanol–water partition coefficient (Wildman–Crippen LogP) is 4.41. The molecular formula is C18H18O. The lowest BCUT2D eigenvalue weighted by atomic mass is 9.85. The largest absolute Gasteiger partial charge is 0.386 e. The van der Waals surface area contributed by atoms with Gasteiger partial charge in [-0.2, -0.15) is 0 Å². The van der Waals surface area contributed by atoms with Gasteiger partial charge in [0.15, 0.2) is 0 Å². The Morgan fingerprint density at radius 1 is 1.05 bits per heavy atom. The Morgan fingerprint density at radius 3 is 2.53 bits per heavy atom. The maximum atomic E-state index is 10.6. The molecule has 0 saturated carbocycles. The molecule has 0 heterocycles. The van der Waals surface area contributed by atoms with Gasteiger partial charge in [-0.25, -0.2) is 0 Å². The number of hydrogen-bond donors (Lipinski definition) is 1. The van der Waals surface area contributed by atoms with Gasteiger partial charge in [0.2, 0.25) is 0 Å². The quantitative estimate of drug-likeness (QED) is 0.837. The van der Waals surface area contributed by atoms with Crippen molar-refractivity contribution >= 4 is 16.3 Å². The molecule has 1 N–H and O–H groups in total. The minimum Gasteiger partial charge on any atom is -0.386 e. The summed E-state index contributed by atoms with van der Waals surface area (Å²) < 4.78 is 0. The first-order chi connectivity index (χ1) is 9.07. The molecule has 0 bridgehead atoms. The number of allylic oxidation sites excluding steroid dienone is 4. The van der Waals surface area contributed by atoms with E-state index in [1.54, 1.807) is 0 Å². The number of fused-ring (bicyclic) bond motifs is 1. The Morgan fingerprint density at radius 2 is 1.84 bits per heavy atom. The SMILES string of the molecule is CC(C)(O)c1c(C2=CC=CC2)ccc2ccccc12. The van der Waals surface area contributed by atoms with E-state index in [2.05, 4.69) is 42.5 Å². The fourth-order valence-electron chi connectivity index (χ4n) is 2.85. The van der Waals surface area contributed by atoms with E-state index in [0.717, 1.165) is 22.9 Å². The van der Waals surface area contributed by atoms with Gasteiger partial charge in [-0.3, -0.25) is 0 Å². The first kappa shape index (κ1) is 12.2. The first-order valence-corrected chi connectivity index (χ1v) is 6.68. The van der Waals surface area contributed by atoms with Crippen LogP contribution in [0.5, 0.6) is 0 Å². The second-order valence-electron chi connectivity index (χ2n) is 5.59. The Labute approximate surface area is 113 Å². The van der Waals surface area contributed by atoms with Gasteiger partial charge in [0.25, 0.3) is 0 Å². The van der Waals surface area contributed by atoms with Crippen LogP contribution in [0.25, 0.3) is 16.3 Å². The zero-order chi connectivity index (χ0) is 13.5. The molecule has 2 aromatic rings. The summed E-state index contributed by atoms with van der Waals surface area (Å²) in [5, 5.41) is 12.9. The molecule has 0 radical (unpaired) electrons. The average Bonchev–Trinajstić information content (AvgIpc) is 2.90. The minimum atomic E-state index is -0.848. The van der Waals surface area contributed by atoms with Crippen LogP contribution in [0.2, 0.25) is 0 Å². The summed E-state index contributed by atoms with van der Waals surface area (Å²) in [5.41, 5.74) is 2.62. The predicted molar refractivity (Wildman–Crippen MR) is 80.9 cm³/mol. The lowest BCUT2D eigenvalue weighted by Crippen LogP contribution is -2.18. The third-order valence-electron chi connectivity index (χ3n) is 3.66. The zero-order valence-electron chi connectivity index (χ0n) is 11.4. The Hall–Kier alpha value is -1.86. The van der Waals surface area contributed by atoms with Gasteiger partial charge in [0.05, 0.1) is 5.60 Å². The number of benzene rings is 2. The molecule has 0 fully saturated rings. The van der Waals surface area contributed by atoms with Gasteiger partial charge in [0.1, 0.15) is 0 Å². The molecule has 1 aliphatic rings. The highest BCUT2D eigenvalue weighted by atomic mass is 16.3. The third-order valence-corrected chi connectivity index (χ3v) is 3.66. The maximum Gasteiger partial charge on any atom is 0.0852 e.